The standard InChI is InChI=1S/C15H22N2O3S/c1-15(8-10-21(19,20)11-15)17-14(18)13-6-4-3-5-12(13)7-9-16-2/h3-6,16H,7-11H2,1-2H3,(H,17,18). The van der Waals surface area contributed by atoms with E-state index in [0.717, 1.165) is 18.5 Å². The summed E-state index contributed by atoms with van der Waals surface area (Å²) in [6.45, 7) is 2.58. The van der Waals surface area contributed by atoms with E-state index in [1.54, 1.807) is 13.0 Å². The van der Waals surface area contributed by atoms with Crippen LogP contribution in [0, 0.1) is 0 Å². The molecule has 1 saturated heterocycles. The van der Waals surface area contributed by atoms with E-state index in [4.69, 9.17) is 0 Å². The minimum atomic E-state index is -3.03. The summed E-state index contributed by atoms with van der Waals surface area (Å²) in [5.74, 6) is -0.0309. The molecule has 2 rings (SSSR count). The molecule has 0 bridgehead atoms. The second kappa shape index (κ2) is 6.15. The third-order valence-electron chi connectivity index (χ3n) is 3.82. The molecule has 1 aliphatic rings. The summed E-state index contributed by atoms with van der Waals surface area (Å²) in [6.07, 6.45) is 1.23. The fraction of sp³-hybridized carbons (Fsp3) is 0.533. The van der Waals surface area contributed by atoms with Gasteiger partial charge in [-0.15, -0.1) is 0 Å². The predicted octanol–water partition coefficient (Wildman–Crippen LogP) is 0.755. The largest absolute Gasteiger partial charge is 0.346 e. The molecule has 1 heterocycles. The smallest absolute Gasteiger partial charge is 0.252 e. The quantitative estimate of drug-likeness (QED) is 0.842. The molecule has 5 nitrogen and oxygen atoms in total. The van der Waals surface area contributed by atoms with Crippen molar-refractivity contribution in [2.24, 2.45) is 0 Å². The molecule has 0 aliphatic carbocycles. The highest BCUT2D eigenvalue weighted by molar-refractivity contribution is 7.91. The van der Waals surface area contributed by atoms with Crippen LogP contribution in [0.15, 0.2) is 24.3 Å². The number of hydrogen-bond acceptors (Lipinski definition) is 4. The Balaban J connectivity index is 2.14. The molecule has 1 aromatic rings. The van der Waals surface area contributed by atoms with Gasteiger partial charge in [-0.1, -0.05) is 18.2 Å². The third kappa shape index (κ3) is 4.04. The summed E-state index contributed by atoms with van der Waals surface area (Å²) in [6, 6.07) is 7.45. The molecular formula is C15H22N2O3S. The van der Waals surface area contributed by atoms with E-state index < -0.39 is 15.4 Å². The third-order valence-corrected chi connectivity index (χ3v) is 5.73. The van der Waals surface area contributed by atoms with Gasteiger partial charge < -0.3 is 10.6 Å². The number of benzene rings is 1. The number of amides is 1. The van der Waals surface area contributed by atoms with Crippen LogP contribution in [-0.4, -0.2) is 45.0 Å². The van der Waals surface area contributed by atoms with Crippen molar-refractivity contribution < 1.29 is 13.2 Å². The monoisotopic (exact) mass is 310 g/mol. The van der Waals surface area contributed by atoms with Crippen molar-refractivity contribution in [3.8, 4) is 0 Å². The van der Waals surface area contributed by atoms with Crippen molar-refractivity contribution in [2.45, 2.75) is 25.3 Å². The van der Waals surface area contributed by atoms with Crippen molar-refractivity contribution in [1.82, 2.24) is 10.6 Å². The lowest BCUT2D eigenvalue weighted by Gasteiger charge is -2.24. The maximum atomic E-state index is 12.5. The van der Waals surface area contributed by atoms with Crippen LogP contribution in [0.2, 0.25) is 0 Å². The highest BCUT2D eigenvalue weighted by Crippen LogP contribution is 2.23. The Labute approximate surface area is 126 Å². The van der Waals surface area contributed by atoms with Gasteiger partial charge in [-0.25, -0.2) is 8.42 Å². The molecule has 1 amide bonds. The van der Waals surface area contributed by atoms with Gasteiger partial charge in [0, 0.05) is 5.56 Å². The molecule has 1 fully saturated rings. The predicted molar refractivity (Wildman–Crippen MR) is 83.2 cm³/mol. The number of carbonyl (C=O) groups is 1. The Hall–Kier alpha value is -1.40. The molecule has 6 heteroatoms. The summed E-state index contributed by atoms with van der Waals surface area (Å²) >= 11 is 0. The van der Waals surface area contributed by atoms with Gasteiger partial charge in [-0.2, -0.15) is 0 Å². The normalized spacial score (nSPS) is 23.9. The topological polar surface area (TPSA) is 75.3 Å². The van der Waals surface area contributed by atoms with Gasteiger partial charge in [-0.05, 0) is 45.0 Å². The molecule has 21 heavy (non-hydrogen) atoms. The Morgan fingerprint density at radius 1 is 1.33 bits per heavy atom. The minimum Gasteiger partial charge on any atom is -0.346 e. The zero-order valence-corrected chi connectivity index (χ0v) is 13.3. The van der Waals surface area contributed by atoms with Gasteiger partial charge in [-0.3, -0.25) is 4.79 Å². The molecule has 1 atom stereocenters. The number of nitrogens with one attached hydrogen (secondary N) is 2. The van der Waals surface area contributed by atoms with Crippen LogP contribution in [0.5, 0.6) is 0 Å². The van der Waals surface area contributed by atoms with Crippen LogP contribution in [-0.2, 0) is 16.3 Å². The van der Waals surface area contributed by atoms with Crippen LogP contribution < -0.4 is 10.6 Å². The van der Waals surface area contributed by atoms with Gasteiger partial charge >= 0.3 is 0 Å². The van der Waals surface area contributed by atoms with E-state index in [0.29, 0.717) is 12.0 Å². The number of sulfone groups is 1. The zero-order valence-electron chi connectivity index (χ0n) is 12.5. The summed E-state index contributed by atoms with van der Waals surface area (Å²) in [4.78, 5) is 12.5. The van der Waals surface area contributed by atoms with Gasteiger partial charge in [0.15, 0.2) is 9.84 Å². The lowest BCUT2D eigenvalue weighted by molar-refractivity contribution is 0.0914. The van der Waals surface area contributed by atoms with E-state index in [9.17, 15) is 13.2 Å². The summed E-state index contributed by atoms with van der Waals surface area (Å²) in [5, 5.41) is 5.97. The lowest BCUT2D eigenvalue weighted by atomic mass is 9.99. The van der Waals surface area contributed by atoms with E-state index >= 15 is 0 Å². The van der Waals surface area contributed by atoms with E-state index in [1.165, 1.54) is 0 Å². The summed E-state index contributed by atoms with van der Waals surface area (Å²) < 4.78 is 23.2. The lowest BCUT2D eigenvalue weighted by Crippen LogP contribution is -2.47. The molecule has 1 aromatic carbocycles. The average molecular weight is 310 g/mol. The van der Waals surface area contributed by atoms with Crippen molar-refractivity contribution in [3.05, 3.63) is 35.4 Å². The van der Waals surface area contributed by atoms with Crippen LogP contribution in [0.3, 0.4) is 0 Å². The van der Waals surface area contributed by atoms with E-state index in [2.05, 4.69) is 10.6 Å². The number of hydrogen-bond donors (Lipinski definition) is 2. The maximum absolute atomic E-state index is 12.5. The molecule has 0 saturated carbocycles. The Bertz CT molecular complexity index is 628. The van der Waals surface area contributed by atoms with Crippen molar-refractivity contribution >= 4 is 15.7 Å². The summed E-state index contributed by atoms with van der Waals surface area (Å²) in [5.41, 5.74) is 0.929. The van der Waals surface area contributed by atoms with Crippen molar-refractivity contribution in [2.75, 3.05) is 25.1 Å². The Morgan fingerprint density at radius 3 is 2.67 bits per heavy atom. The molecule has 1 unspecified atom stereocenters. The highest BCUT2D eigenvalue weighted by atomic mass is 32.2. The van der Waals surface area contributed by atoms with Crippen molar-refractivity contribution in [3.63, 3.8) is 0 Å². The second-order valence-electron chi connectivity index (χ2n) is 5.87. The number of likely N-dealkylation sites (N-methyl/N-ethyl adjacent to an activating group) is 1. The number of carbonyl (C=O) groups excluding carboxylic acids is 1. The molecule has 0 aromatic heterocycles. The highest BCUT2D eigenvalue weighted by Gasteiger charge is 2.39. The maximum Gasteiger partial charge on any atom is 0.252 e. The first kappa shape index (κ1) is 16.0. The molecule has 0 radical (unpaired) electrons. The summed E-state index contributed by atoms with van der Waals surface area (Å²) in [7, 11) is -1.16. The van der Waals surface area contributed by atoms with E-state index in [1.807, 2.05) is 25.2 Å². The first-order chi connectivity index (χ1) is 9.85. The van der Waals surface area contributed by atoms with Gasteiger partial charge in [0.1, 0.15) is 0 Å². The molecule has 2 N–H and O–H groups in total. The molecule has 0 spiro atoms. The van der Waals surface area contributed by atoms with Gasteiger partial charge in [0.2, 0.25) is 0 Å². The molecular weight excluding hydrogens is 288 g/mol. The van der Waals surface area contributed by atoms with E-state index in [-0.39, 0.29) is 17.4 Å². The second-order valence-corrected chi connectivity index (χ2v) is 8.05. The Kier molecular flexibility index (Phi) is 4.68. The minimum absolute atomic E-state index is 0.0183. The average Bonchev–Trinajstić information content (AvgIpc) is 2.70. The van der Waals surface area contributed by atoms with Crippen LogP contribution in [0.25, 0.3) is 0 Å². The first-order valence-corrected chi connectivity index (χ1v) is 8.93. The van der Waals surface area contributed by atoms with Crippen LogP contribution in [0.4, 0.5) is 0 Å². The zero-order chi connectivity index (χ0) is 15.5. The van der Waals surface area contributed by atoms with Crippen molar-refractivity contribution in [1.29, 1.82) is 0 Å². The molecule has 116 valence electrons. The first-order valence-electron chi connectivity index (χ1n) is 7.11. The molecule has 1 aliphatic heterocycles. The van der Waals surface area contributed by atoms with Crippen LogP contribution in [0.1, 0.15) is 29.3 Å². The SMILES string of the molecule is CNCCc1ccccc1C(=O)NC1(C)CCS(=O)(=O)C1. The number of rotatable bonds is 5. The van der Waals surface area contributed by atoms with Gasteiger partial charge in [0.05, 0.1) is 17.0 Å². The fourth-order valence-corrected chi connectivity index (χ4v) is 4.76. The van der Waals surface area contributed by atoms with Crippen LogP contribution >= 0.6 is 0 Å². The fourth-order valence-electron chi connectivity index (χ4n) is 2.67. The van der Waals surface area contributed by atoms with Gasteiger partial charge in [0.25, 0.3) is 5.91 Å². The Morgan fingerprint density at radius 2 is 2.05 bits per heavy atom.